The molecule has 0 atom stereocenters. The average Bonchev–Trinajstić information content (AvgIpc) is 3.06. The van der Waals surface area contributed by atoms with Gasteiger partial charge >= 0.3 is 0 Å². The first kappa shape index (κ1) is 15.1. The zero-order chi connectivity index (χ0) is 11.4. The van der Waals surface area contributed by atoms with Crippen LogP contribution in [0, 0.1) is 5.92 Å². The Balaban J connectivity index is 0.00000144. The van der Waals surface area contributed by atoms with Gasteiger partial charge in [0.2, 0.25) is 0 Å². The van der Waals surface area contributed by atoms with Gasteiger partial charge < -0.3 is 10.6 Å². The maximum atomic E-state index is 4.51. The molecule has 0 amide bonds. The summed E-state index contributed by atoms with van der Waals surface area (Å²) >= 11 is 0. The van der Waals surface area contributed by atoms with E-state index in [1.165, 1.54) is 38.5 Å². The van der Waals surface area contributed by atoms with Gasteiger partial charge in [0.05, 0.1) is 0 Å². The molecular formula is C13H26IN3. The van der Waals surface area contributed by atoms with Gasteiger partial charge in [-0.25, -0.2) is 0 Å². The quantitative estimate of drug-likeness (QED) is 0.466. The molecule has 0 spiro atoms. The number of hydrogen-bond acceptors (Lipinski definition) is 1. The van der Waals surface area contributed by atoms with E-state index >= 15 is 0 Å². The number of nitrogens with one attached hydrogen (secondary N) is 2. The molecule has 0 unspecified atom stereocenters. The highest BCUT2D eigenvalue weighted by Gasteiger charge is 2.24. The zero-order valence-electron chi connectivity index (χ0n) is 11.0. The van der Waals surface area contributed by atoms with E-state index in [0.717, 1.165) is 18.4 Å². The molecule has 4 heteroatoms. The van der Waals surface area contributed by atoms with Crippen LogP contribution >= 0.6 is 24.0 Å². The summed E-state index contributed by atoms with van der Waals surface area (Å²) in [4.78, 5) is 4.51. The van der Waals surface area contributed by atoms with E-state index in [1.807, 2.05) is 0 Å². The molecule has 0 heterocycles. The van der Waals surface area contributed by atoms with Crippen LogP contribution in [-0.4, -0.2) is 24.6 Å². The van der Waals surface area contributed by atoms with Crippen molar-refractivity contribution in [2.24, 2.45) is 10.9 Å². The number of hydrogen-bond donors (Lipinski definition) is 2. The lowest BCUT2D eigenvalue weighted by atomic mass is 9.87. The summed E-state index contributed by atoms with van der Waals surface area (Å²) in [6.45, 7) is 5.32. The Morgan fingerprint density at radius 3 is 1.88 bits per heavy atom. The van der Waals surface area contributed by atoms with E-state index in [1.54, 1.807) is 0 Å². The van der Waals surface area contributed by atoms with Gasteiger partial charge in [0.15, 0.2) is 5.96 Å². The highest BCUT2D eigenvalue weighted by molar-refractivity contribution is 14.0. The van der Waals surface area contributed by atoms with Crippen LogP contribution in [0.4, 0.5) is 0 Å². The maximum absolute atomic E-state index is 4.51. The van der Waals surface area contributed by atoms with Gasteiger partial charge in [0.25, 0.3) is 0 Å². The summed E-state index contributed by atoms with van der Waals surface area (Å²) in [5.41, 5.74) is 0. The number of nitrogens with zero attached hydrogens (tertiary/aromatic N) is 1. The molecule has 2 rings (SSSR count). The summed E-state index contributed by atoms with van der Waals surface area (Å²) < 4.78 is 0. The van der Waals surface area contributed by atoms with Crippen LogP contribution in [0.3, 0.4) is 0 Å². The van der Waals surface area contributed by atoms with Crippen LogP contribution in [0.5, 0.6) is 0 Å². The van der Waals surface area contributed by atoms with Gasteiger partial charge in [0, 0.05) is 18.6 Å². The van der Waals surface area contributed by atoms with E-state index in [9.17, 15) is 0 Å². The largest absolute Gasteiger partial charge is 0.354 e. The molecule has 2 aliphatic rings. The zero-order valence-corrected chi connectivity index (χ0v) is 13.4. The van der Waals surface area contributed by atoms with Crippen molar-refractivity contribution >= 4 is 29.9 Å². The molecule has 100 valence electrons. The van der Waals surface area contributed by atoms with Crippen LogP contribution in [0.2, 0.25) is 0 Å². The molecule has 3 nitrogen and oxygen atoms in total. The minimum Gasteiger partial charge on any atom is -0.354 e. The minimum atomic E-state index is 0. The summed E-state index contributed by atoms with van der Waals surface area (Å²) in [6.07, 6.45) is 7.95. The number of aliphatic imine (C=N–C) groups is 1. The molecule has 2 saturated carbocycles. The average molecular weight is 351 g/mol. The van der Waals surface area contributed by atoms with Gasteiger partial charge in [-0.1, -0.05) is 6.92 Å². The Kier molecular flexibility index (Phi) is 6.59. The van der Waals surface area contributed by atoms with E-state index < -0.39 is 0 Å². The van der Waals surface area contributed by atoms with Gasteiger partial charge in [0.1, 0.15) is 0 Å². The molecule has 2 N–H and O–H groups in total. The second-order valence-electron chi connectivity index (χ2n) is 5.34. The first-order valence-corrected chi connectivity index (χ1v) is 6.85. The summed E-state index contributed by atoms with van der Waals surface area (Å²) in [5, 5.41) is 7.08. The molecule has 0 aromatic rings. The number of guanidine groups is 1. The predicted molar refractivity (Wildman–Crippen MR) is 84.1 cm³/mol. The topological polar surface area (TPSA) is 36.4 Å². The molecule has 2 aliphatic carbocycles. The van der Waals surface area contributed by atoms with E-state index in [4.69, 9.17) is 0 Å². The van der Waals surface area contributed by atoms with Gasteiger partial charge in [-0.2, -0.15) is 0 Å². The number of halogens is 1. The van der Waals surface area contributed by atoms with Crippen molar-refractivity contribution < 1.29 is 0 Å². The highest BCUT2D eigenvalue weighted by Crippen LogP contribution is 2.23. The van der Waals surface area contributed by atoms with Crippen molar-refractivity contribution in [2.45, 2.75) is 64.5 Å². The lowest BCUT2D eigenvalue weighted by Gasteiger charge is -2.28. The Morgan fingerprint density at radius 1 is 1.00 bits per heavy atom. The third kappa shape index (κ3) is 5.44. The molecule has 0 aromatic carbocycles. The van der Waals surface area contributed by atoms with Crippen molar-refractivity contribution in [3.8, 4) is 0 Å². The lowest BCUT2D eigenvalue weighted by molar-refractivity contribution is 0.329. The smallest absolute Gasteiger partial charge is 0.191 e. The molecule has 0 radical (unpaired) electrons. The van der Waals surface area contributed by atoms with Crippen LogP contribution in [0.25, 0.3) is 0 Å². The van der Waals surface area contributed by atoms with Gasteiger partial charge in [-0.3, -0.25) is 4.99 Å². The summed E-state index contributed by atoms with van der Waals surface area (Å²) in [5.74, 6) is 1.96. The Hall–Kier alpha value is 0. The van der Waals surface area contributed by atoms with E-state index in [0.29, 0.717) is 12.1 Å². The predicted octanol–water partition coefficient (Wildman–Crippen LogP) is 2.90. The highest BCUT2D eigenvalue weighted by atomic mass is 127. The first-order valence-electron chi connectivity index (χ1n) is 6.85. The van der Waals surface area contributed by atoms with Crippen molar-refractivity contribution in [3.63, 3.8) is 0 Å². The number of rotatable bonds is 3. The Bertz CT molecular complexity index is 243. The van der Waals surface area contributed by atoms with Gasteiger partial charge in [-0.15, -0.1) is 24.0 Å². The van der Waals surface area contributed by atoms with Crippen molar-refractivity contribution in [2.75, 3.05) is 6.54 Å². The van der Waals surface area contributed by atoms with Crippen LogP contribution in [-0.2, 0) is 0 Å². The van der Waals surface area contributed by atoms with Crippen LogP contribution in [0.1, 0.15) is 52.4 Å². The third-order valence-corrected chi connectivity index (χ3v) is 3.59. The first-order chi connectivity index (χ1) is 7.78. The monoisotopic (exact) mass is 351 g/mol. The van der Waals surface area contributed by atoms with E-state index in [2.05, 4.69) is 29.5 Å². The van der Waals surface area contributed by atoms with Crippen LogP contribution < -0.4 is 10.6 Å². The molecule has 0 saturated heterocycles. The fraction of sp³-hybridized carbons (Fsp3) is 0.923. The van der Waals surface area contributed by atoms with Crippen molar-refractivity contribution in [1.29, 1.82) is 0 Å². The molecule has 17 heavy (non-hydrogen) atoms. The Morgan fingerprint density at radius 2 is 1.47 bits per heavy atom. The second kappa shape index (κ2) is 7.44. The standard InChI is InChI=1S/C13H25N3.HI/c1-3-14-13(16-12-8-9-12)15-11-6-4-10(2)5-7-11;/h10-12H,3-9H2,1-2H3,(H2,14,15,16);1H. The molecule has 0 aromatic heterocycles. The molecular weight excluding hydrogens is 325 g/mol. The maximum Gasteiger partial charge on any atom is 0.191 e. The van der Waals surface area contributed by atoms with Crippen molar-refractivity contribution in [3.05, 3.63) is 0 Å². The molecule has 0 aliphatic heterocycles. The minimum absolute atomic E-state index is 0. The SMILES string of the molecule is CCN=C(NC1CCC(C)CC1)NC1CC1.I. The fourth-order valence-electron chi connectivity index (χ4n) is 2.31. The summed E-state index contributed by atoms with van der Waals surface area (Å²) in [7, 11) is 0. The summed E-state index contributed by atoms with van der Waals surface area (Å²) in [6, 6.07) is 1.34. The second-order valence-corrected chi connectivity index (χ2v) is 5.34. The molecule has 2 fully saturated rings. The third-order valence-electron chi connectivity index (χ3n) is 3.59. The fourth-order valence-corrected chi connectivity index (χ4v) is 2.31. The molecule has 0 bridgehead atoms. The van der Waals surface area contributed by atoms with Gasteiger partial charge in [-0.05, 0) is 51.4 Å². The van der Waals surface area contributed by atoms with E-state index in [-0.39, 0.29) is 24.0 Å². The lowest BCUT2D eigenvalue weighted by Crippen LogP contribution is -2.45. The van der Waals surface area contributed by atoms with Crippen LogP contribution in [0.15, 0.2) is 4.99 Å². The van der Waals surface area contributed by atoms with Crippen molar-refractivity contribution in [1.82, 2.24) is 10.6 Å². The Labute approximate surface area is 122 Å². The normalized spacial score (nSPS) is 29.4.